The van der Waals surface area contributed by atoms with E-state index in [2.05, 4.69) is 22.0 Å². The van der Waals surface area contributed by atoms with Crippen LogP contribution in [0.2, 0.25) is 0 Å². The third-order valence-electron chi connectivity index (χ3n) is 3.42. The Balaban J connectivity index is 1.98. The summed E-state index contributed by atoms with van der Waals surface area (Å²) in [6, 6.07) is 17.0. The summed E-state index contributed by atoms with van der Waals surface area (Å²) in [4.78, 5) is 12.4. The van der Waals surface area contributed by atoms with Crippen LogP contribution in [0.4, 0.5) is 0 Å². The average Bonchev–Trinajstić information content (AvgIpc) is 2.91. The van der Waals surface area contributed by atoms with Gasteiger partial charge in [0.1, 0.15) is 0 Å². The molecule has 0 amide bonds. The van der Waals surface area contributed by atoms with Crippen molar-refractivity contribution < 1.29 is 4.79 Å². The number of fused-ring (bicyclic) bond motifs is 1. The Bertz CT molecular complexity index is 874. The van der Waals surface area contributed by atoms with E-state index >= 15 is 0 Å². The first-order valence-corrected chi connectivity index (χ1v) is 7.25. The summed E-state index contributed by atoms with van der Waals surface area (Å²) >= 11 is 3.40. The van der Waals surface area contributed by atoms with Gasteiger partial charge in [0, 0.05) is 27.1 Å². The molecule has 3 aromatic rings. The van der Waals surface area contributed by atoms with Gasteiger partial charge in [-0.3, -0.25) is 4.79 Å². The molecule has 0 fully saturated rings. The van der Waals surface area contributed by atoms with Crippen LogP contribution < -0.4 is 0 Å². The molecule has 0 aliphatic carbocycles. The van der Waals surface area contributed by atoms with Crippen LogP contribution in [0.5, 0.6) is 0 Å². The first-order chi connectivity index (χ1) is 10.2. The SMILES string of the molecule is N#Cc1cccc2c1ccn2CC(=O)c1ccccc1Br. The van der Waals surface area contributed by atoms with E-state index in [9.17, 15) is 4.79 Å². The number of carbonyl (C=O) groups excluding carboxylic acids is 1. The van der Waals surface area contributed by atoms with Crippen LogP contribution in [0.3, 0.4) is 0 Å². The smallest absolute Gasteiger partial charge is 0.183 e. The molecular formula is C17H11BrN2O. The molecule has 0 saturated heterocycles. The molecule has 1 heterocycles. The second-order valence-electron chi connectivity index (χ2n) is 4.70. The molecule has 1 aromatic heterocycles. The Kier molecular flexibility index (Phi) is 3.59. The lowest BCUT2D eigenvalue weighted by atomic mass is 10.1. The summed E-state index contributed by atoms with van der Waals surface area (Å²) in [5.41, 5.74) is 2.19. The normalized spacial score (nSPS) is 10.5. The van der Waals surface area contributed by atoms with Gasteiger partial charge in [0.25, 0.3) is 0 Å². The number of Topliss-reactive ketones (excluding diaryl/α,β-unsaturated/α-hetero) is 1. The van der Waals surface area contributed by atoms with Gasteiger partial charge in [-0.15, -0.1) is 0 Å². The van der Waals surface area contributed by atoms with Gasteiger partial charge in [0.15, 0.2) is 5.78 Å². The minimum absolute atomic E-state index is 0.0299. The minimum atomic E-state index is 0.0299. The third-order valence-corrected chi connectivity index (χ3v) is 4.11. The summed E-state index contributed by atoms with van der Waals surface area (Å²) in [7, 11) is 0. The van der Waals surface area contributed by atoms with Crippen molar-refractivity contribution in [3.8, 4) is 6.07 Å². The lowest BCUT2D eigenvalue weighted by molar-refractivity contribution is 0.0973. The van der Waals surface area contributed by atoms with Gasteiger partial charge in [-0.1, -0.05) is 40.2 Å². The summed E-state index contributed by atoms with van der Waals surface area (Å²) in [6.07, 6.45) is 1.85. The number of nitrogens with zero attached hydrogens (tertiary/aromatic N) is 2. The number of aromatic nitrogens is 1. The zero-order chi connectivity index (χ0) is 14.8. The molecule has 2 aromatic carbocycles. The predicted octanol–water partition coefficient (Wildman–Crippen LogP) is 4.16. The van der Waals surface area contributed by atoms with Crippen molar-refractivity contribution in [2.24, 2.45) is 0 Å². The van der Waals surface area contributed by atoms with Crippen LogP contribution in [0.15, 0.2) is 59.2 Å². The minimum Gasteiger partial charge on any atom is -0.340 e. The van der Waals surface area contributed by atoms with E-state index in [4.69, 9.17) is 5.26 Å². The number of ketones is 1. The highest BCUT2D eigenvalue weighted by Gasteiger charge is 2.12. The number of hydrogen-bond acceptors (Lipinski definition) is 2. The lowest BCUT2D eigenvalue weighted by Crippen LogP contribution is -2.10. The van der Waals surface area contributed by atoms with Crippen LogP contribution in [0.25, 0.3) is 10.9 Å². The maximum atomic E-state index is 12.4. The number of rotatable bonds is 3. The van der Waals surface area contributed by atoms with Crippen molar-refractivity contribution in [3.05, 3.63) is 70.3 Å². The zero-order valence-corrected chi connectivity index (χ0v) is 12.7. The van der Waals surface area contributed by atoms with Crippen molar-refractivity contribution in [2.75, 3.05) is 0 Å². The molecule has 4 heteroatoms. The highest BCUT2D eigenvalue weighted by molar-refractivity contribution is 9.10. The second-order valence-corrected chi connectivity index (χ2v) is 5.55. The molecule has 0 unspecified atom stereocenters. The maximum absolute atomic E-state index is 12.4. The molecule has 3 nitrogen and oxygen atoms in total. The third kappa shape index (κ3) is 2.48. The van der Waals surface area contributed by atoms with Crippen molar-refractivity contribution in [2.45, 2.75) is 6.54 Å². The highest BCUT2D eigenvalue weighted by Crippen LogP contribution is 2.22. The number of carbonyl (C=O) groups is 1. The van der Waals surface area contributed by atoms with Gasteiger partial charge in [0.2, 0.25) is 0 Å². The fourth-order valence-electron chi connectivity index (χ4n) is 2.39. The first-order valence-electron chi connectivity index (χ1n) is 6.46. The molecule has 0 saturated carbocycles. The monoisotopic (exact) mass is 338 g/mol. The average molecular weight is 339 g/mol. The fraction of sp³-hybridized carbons (Fsp3) is 0.0588. The fourth-order valence-corrected chi connectivity index (χ4v) is 2.89. The molecular weight excluding hydrogens is 328 g/mol. The predicted molar refractivity (Wildman–Crippen MR) is 85.1 cm³/mol. The number of halogens is 1. The second kappa shape index (κ2) is 5.55. The molecule has 102 valence electrons. The Hall–Kier alpha value is -2.38. The highest BCUT2D eigenvalue weighted by atomic mass is 79.9. The van der Waals surface area contributed by atoms with Gasteiger partial charge < -0.3 is 4.57 Å². The van der Waals surface area contributed by atoms with Crippen LogP contribution in [0.1, 0.15) is 15.9 Å². The Morgan fingerprint density at radius 1 is 1.14 bits per heavy atom. The molecule has 0 bridgehead atoms. The molecule has 0 N–H and O–H groups in total. The van der Waals surface area contributed by atoms with E-state index in [-0.39, 0.29) is 12.3 Å². The van der Waals surface area contributed by atoms with Gasteiger partial charge in [-0.05, 0) is 24.3 Å². The van der Waals surface area contributed by atoms with E-state index in [0.29, 0.717) is 11.1 Å². The van der Waals surface area contributed by atoms with E-state index in [1.165, 1.54) is 0 Å². The summed E-state index contributed by atoms with van der Waals surface area (Å²) < 4.78 is 2.67. The molecule has 0 aliphatic heterocycles. The lowest BCUT2D eigenvalue weighted by Gasteiger charge is -2.06. The summed E-state index contributed by atoms with van der Waals surface area (Å²) in [5, 5.41) is 9.98. The Morgan fingerprint density at radius 3 is 2.71 bits per heavy atom. The van der Waals surface area contributed by atoms with E-state index in [1.807, 2.05) is 47.2 Å². The van der Waals surface area contributed by atoms with Crippen molar-refractivity contribution in [3.63, 3.8) is 0 Å². The van der Waals surface area contributed by atoms with Gasteiger partial charge >= 0.3 is 0 Å². The van der Waals surface area contributed by atoms with E-state index < -0.39 is 0 Å². The van der Waals surface area contributed by atoms with Crippen molar-refractivity contribution in [1.29, 1.82) is 5.26 Å². The number of hydrogen-bond donors (Lipinski definition) is 0. The van der Waals surface area contributed by atoms with Crippen molar-refractivity contribution >= 4 is 32.6 Å². The van der Waals surface area contributed by atoms with Crippen molar-refractivity contribution in [1.82, 2.24) is 4.57 Å². The Labute approximate surface area is 130 Å². The molecule has 21 heavy (non-hydrogen) atoms. The Morgan fingerprint density at radius 2 is 1.95 bits per heavy atom. The van der Waals surface area contributed by atoms with E-state index in [1.54, 1.807) is 12.1 Å². The molecule has 0 radical (unpaired) electrons. The molecule has 3 rings (SSSR count). The van der Waals surface area contributed by atoms with Gasteiger partial charge in [-0.2, -0.15) is 5.26 Å². The van der Waals surface area contributed by atoms with E-state index in [0.717, 1.165) is 15.4 Å². The van der Waals surface area contributed by atoms with Crippen LogP contribution in [0, 0.1) is 11.3 Å². The standard InChI is InChI=1S/C17H11BrN2O/c18-15-6-2-1-5-14(15)17(21)11-20-9-8-13-12(10-19)4-3-7-16(13)20/h1-9H,11H2. The molecule has 0 atom stereocenters. The largest absolute Gasteiger partial charge is 0.340 e. The summed E-state index contributed by atoms with van der Waals surface area (Å²) in [5.74, 6) is 0.0299. The quantitative estimate of drug-likeness (QED) is 0.673. The number of nitriles is 1. The first kappa shape index (κ1) is 13.6. The zero-order valence-electron chi connectivity index (χ0n) is 11.1. The maximum Gasteiger partial charge on any atom is 0.183 e. The number of benzene rings is 2. The topological polar surface area (TPSA) is 45.8 Å². The van der Waals surface area contributed by atoms with Crippen LogP contribution >= 0.6 is 15.9 Å². The van der Waals surface area contributed by atoms with Gasteiger partial charge in [0.05, 0.1) is 18.2 Å². The van der Waals surface area contributed by atoms with Crippen LogP contribution in [-0.4, -0.2) is 10.4 Å². The summed E-state index contributed by atoms with van der Waals surface area (Å²) in [6.45, 7) is 0.251. The van der Waals surface area contributed by atoms with Gasteiger partial charge in [-0.25, -0.2) is 0 Å². The van der Waals surface area contributed by atoms with Crippen LogP contribution in [-0.2, 0) is 6.54 Å². The molecule has 0 aliphatic rings. The molecule has 0 spiro atoms.